The van der Waals surface area contributed by atoms with Crippen LogP contribution in [-0.4, -0.2) is 41.3 Å². The third-order valence-corrected chi connectivity index (χ3v) is 0. The van der Waals surface area contributed by atoms with Gasteiger partial charge in [-0.2, -0.15) is 0 Å². The summed E-state index contributed by atoms with van der Waals surface area (Å²) in [6, 6.07) is 0. The third kappa shape index (κ3) is 33.3. The molecular formula is GaO3Sb. The monoisotopic (exact) mass is 238 g/mol. The Kier molecular flexibility index (Phi) is 10.2. The molecule has 5 heteroatoms. The van der Waals surface area contributed by atoms with Gasteiger partial charge in [-0.15, -0.1) is 0 Å². The normalized spacial score (nSPS) is 7.20. The molecule has 0 aliphatic heterocycles. The van der Waals surface area contributed by atoms with E-state index in [1.807, 2.05) is 0 Å². The first-order chi connectivity index (χ1) is 1.73. The molecule has 0 fully saturated rings. The van der Waals surface area contributed by atoms with Crippen LogP contribution in [0, 0.1) is 0 Å². The van der Waals surface area contributed by atoms with E-state index < -0.39 is 21.5 Å². The van der Waals surface area contributed by atoms with Crippen LogP contribution in [-0.2, 0) is 0 Å². The standard InChI is InChI=1S/Ga.3O.Sb/q+3;3*-1;. The van der Waals surface area contributed by atoms with E-state index in [2.05, 4.69) is 0 Å². The minimum atomic E-state index is -4.20. The molecular weight excluding hydrogens is 239 g/mol. The van der Waals surface area contributed by atoms with Crippen LogP contribution >= 0.6 is 0 Å². The molecule has 0 heterocycles. The van der Waals surface area contributed by atoms with Gasteiger partial charge in [-0.05, 0) is 0 Å². The molecule has 0 aromatic carbocycles. The molecule has 0 bridgehead atoms. The number of hydrogen-bond acceptors (Lipinski definition) is 3. The van der Waals surface area contributed by atoms with Crippen molar-refractivity contribution in [3.05, 3.63) is 0 Å². The minimum absolute atomic E-state index is 0. The summed E-state index contributed by atoms with van der Waals surface area (Å²) in [7, 11) is 0. The molecule has 0 unspecified atom stereocenters. The molecule has 0 saturated heterocycles. The van der Waals surface area contributed by atoms with Crippen LogP contribution in [0.15, 0.2) is 0 Å². The summed E-state index contributed by atoms with van der Waals surface area (Å²) in [5.74, 6) is 0. The van der Waals surface area contributed by atoms with Crippen molar-refractivity contribution in [3.8, 4) is 0 Å². The molecule has 0 radical (unpaired) electrons. The summed E-state index contributed by atoms with van der Waals surface area (Å²) >= 11 is -4.20. The molecule has 26 valence electrons. The molecule has 0 aliphatic rings. The molecule has 0 aromatic heterocycles. The van der Waals surface area contributed by atoms with Gasteiger partial charge in [0, 0.05) is 0 Å². The maximum absolute atomic E-state index is 8.60. The SMILES string of the molecule is [Ga+3].[O-][Sb]([O-])[O-]. The molecule has 3 nitrogen and oxygen atoms in total. The van der Waals surface area contributed by atoms with E-state index in [-0.39, 0.29) is 19.8 Å². The van der Waals surface area contributed by atoms with E-state index in [9.17, 15) is 0 Å². The van der Waals surface area contributed by atoms with E-state index in [0.717, 1.165) is 0 Å². The predicted molar refractivity (Wildman–Crippen MR) is 11.5 cm³/mol. The van der Waals surface area contributed by atoms with E-state index in [1.165, 1.54) is 0 Å². The van der Waals surface area contributed by atoms with Gasteiger partial charge in [0.05, 0.1) is 0 Å². The second-order valence-corrected chi connectivity index (χ2v) is 1.50. The van der Waals surface area contributed by atoms with Crippen LogP contribution in [0.1, 0.15) is 0 Å². The zero-order valence-corrected chi connectivity index (χ0v) is 7.22. The van der Waals surface area contributed by atoms with E-state index >= 15 is 0 Å². The van der Waals surface area contributed by atoms with Crippen molar-refractivity contribution in [2.75, 3.05) is 0 Å². The Bertz CT molecular complexity index is 11.6. The predicted octanol–water partition coefficient (Wildman–Crippen LogP) is -4.33. The van der Waals surface area contributed by atoms with Crippen molar-refractivity contribution in [2.45, 2.75) is 0 Å². The van der Waals surface area contributed by atoms with Gasteiger partial charge < -0.3 is 0 Å². The Morgan fingerprint density at radius 3 is 1.00 bits per heavy atom. The van der Waals surface area contributed by atoms with Crippen molar-refractivity contribution in [3.63, 3.8) is 0 Å². The summed E-state index contributed by atoms with van der Waals surface area (Å²) in [5.41, 5.74) is 0. The van der Waals surface area contributed by atoms with Crippen molar-refractivity contribution >= 4 is 41.3 Å². The molecule has 0 saturated carbocycles. The van der Waals surface area contributed by atoms with Gasteiger partial charge in [0.25, 0.3) is 0 Å². The molecule has 0 aliphatic carbocycles. The van der Waals surface area contributed by atoms with Gasteiger partial charge in [-0.3, -0.25) is 0 Å². The van der Waals surface area contributed by atoms with Crippen molar-refractivity contribution < 1.29 is 10.2 Å². The third-order valence-electron chi connectivity index (χ3n) is 0. The van der Waals surface area contributed by atoms with Gasteiger partial charge in [0.15, 0.2) is 0 Å². The molecule has 0 aromatic rings. The van der Waals surface area contributed by atoms with Gasteiger partial charge >= 0.3 is 51.4 Å². The maximum atomic E-state index is 8.60. The fourth-order valence-electron chi connectivity index (χ4n) is 0. The first-order valence-corrected chi connectivity index (χ1v) is 3.67. The van der Waals surface area contributed by atoms with E-state index in [1.54, 1.807) is 0 Å². The van der Waals surface area contributed by atoms with Crippen LogP contribution < -0.4 is 10.2 Å². The summed E-state index contributed by atoms with van der Waals surface area (Å²) in [6.07, 6.45) is 0. The van der Waals surface area contributed by atoms with E-state index in [0.29, 0.717) is 0 Å². The molecule has 0 N–H and O–H groups in total. The topological polar surface area (TPSA) is 69.2 Å². The Hall–Kier alpha value is 1.33. The number of rotatable bonds is 0. The number of hydrogen-bond donors (Lipinski definition) is 0. The molecule has 5 heavy (non-hydrogen) atoms. The van der Waals surface area contributed by atoms with Crippen LogP contribution in [0.4, 0.5) is 0 Å². The van der Waals surface area contributed by atoms with Gasteiger partial charge in [0.2, 0.25) is 0 Å². The average Bonchev–Trinajstić information content (AvgIpc) is 0.811. The Balaban J connectivity index is 0. The van der Waals surface area contributed by atoms with Crippen LogP contribution in [0.5, 0.6) is 0 Å². The Morgan fingerprint density at radius 1 is 1.00 bits per heavy atom. The second kappa shape index (κ2) is 5.33. The summed E-state index contributed by atoms with van der Waals surface area (Å²) in [5, 5.41) is 0. The fraction of sp³-hybridized carbons (Fsp3) is 0. The van der Waals surface area contributed by atoms with Crippen molar-refractivity contribution in [1.29, 1.82) is 0 Å². The first kappa shape index (κ1) is 9.59. The second-order valence-electron chi connectivity index (χ2n) is 0.224. The van der Waals surface area contributed by atoms with E-state index in [4.69, 9.17) is 10.2 Å². The van der Waals surface area contributed by atoms with Crippen LogP contribution in [0.2, 0.25) is 0 Å². The molecule has 0 rings (SSSR count). The summed E-state index contributed by atoms with van der Waals surface area (Å²) in [4.78, 5) is 0. The molecule has 0 spiro atoms. The quantitative estimate of drug-likeness (QED) is 0.402. The van der Waals surface area contributed by atoms with Crippen molar-refractivity contribution in [2.24, 2.45) is 0 Å². The van der Waals surface area contributed by atoms with Gasteiger partial charge in [-0.25, -0.2) is 0 Å². The Labute approximate surface area is 51.3 Å². The summed E-state index contributed by atoms with van der Waals surface area (Å²) < 4.78 is 25.8. The van der Waals surface area contributed by atoms with Gasteiger partial charge in [-0.1, -0.05) is 0 Å². The Morgan fingerprint density at radius 2 is 1.00 bits per heavy atom. The van der Waals surface area contributed by atoms with Crippen molar-refractivity contribution in [1.82, 2.24) is 0 Å². The fourth-order valence-corrected chi connectivity index (χ4v) is 0. The molecule has 0 atom stereocenters. The zero-order valence-electron chi connectivity index (χ0n) is 2.25. The zero-order chi connectivity index (χ0) is 3.58. The van der Waals surface area contributed by atoms with Crippen LogP contribution in [0.25, 0.3) is 0 Å². The summed E-state index contributed by atoms with van der Waals surface area (Å²) in [6.45, 7) is 0. The first-order valence-electron chi connectivity index (χ1n) is 0.548. The molecule has 0 amide bonds. The van der Waals surface area contributed by atoms with Crippen LogP contribution in [0.3, 0.4) is 0 Å². The average molecular weight is 239 g/mol. The van der Waals surface area contributed by atoms with Gasteiger partial charge in [0.1, 0.15) is 0 Å².